The third-order valence-electron chi connectivity index (χ3n) is 2.45. The smallest absolute Gasteiger partial charge is 0.413 e. The Bertz CT molecular complexity index is 648. The normalized spacial score (nSPS) is 11.7. The quantitative estimate of drug-likeness (QED) is 0.616. The second-order valence-corrected chi connectivity index (χ2v) is 6.72. The molecule has 1 heterocycles. The summed E-state index contributed by atoms with van der Waals surface area (Å²) in [6.45, 7) is 1.71. The Hall–Kier alpha value is -2.13. The van der Waals surface area contributed by atoms with Crippen molar-refractivity contribution in [2.75, 3.05) is 5.32 Å². The maximum absolute atomic E-state index is 11.6. The fourth-order valence-electron chi connectivity index (χ4n) is 1.36. The summed E-state index contributed by atoms with van der Waals surface area (Å²) in [5.41, 5.74) is 0.876. The van der Waals surface area contributed by atoms with Gasteiger partial charge in [0.1, 0.15) is 11.9 Å². The highest BCUT2D eigenvalue weighted by atomic mass is 32.2. The molecule has 0 aliphatic rings. The van der Waals surface area contributed by atoms with Gasteiger partial charge in [0.25, 0.3) is 0 Å². The van der Waals surface area contributed by atoms with Crippen LogP contribution in [-0.4, -0.2) is 32.6 Å². The van der Waals surface area contributed by atoms with Gasteiger partial charge in [-0.25, -0.2) is 4.79 Å². The molecule has 0 radical (unpaired) electrons. The molecule has 0 aliphatic heterocycles. The molecule has 2 N–H and O–H groups in total. The minimum atomic E-state index is -0.933. The molecule has 0 aliphatic carbocycles. The van der Waals surface area contributed by atoms with E-state index in [4.69, 9.17) is 9.84 Å². The first-order chi connectivity index (χ1) is 10.5. The van der Waals surface area contributed by atoms with Crippen molar-refractivity contribution < 1.29 is 19.4 Å². The molecule has 0 saturated carbocycles. The molecule has 0 bridgehead atoms. The fraction of sp³-hybridized carbons (Fsp3) is 0.231. The Morgan fingerprint density at radius 2 is 2.09 bits per heavy atom. The Morgan fingerprint density at radius 3 is 2.77 bits per heavy atom. The van der Waals surface area contributed by atoms with Crippen molar-refractivity contribution in [1.29, 1.82) is 0 Å². The summed E-state index contributed by atoms with van der Waals surface area (Å²) >= 11 is 2.16. The zero-order chi connectivity index (χ0) is 15.9. The van der Waals surface area contributed by atoms with Gasteiger partial charge in [-0.1, -0.05) is 53.4 Å². The number of carbonyl (C=O) groups excluding carboxylic acids is 1. The number of rotatable bonds is 6. The van der Waals surface area contributed by atoms with Crippen LogP contribution in [0.25, 0.3) is 0 Å². The molecule has 1 aromatic heterocycles. The highest BCUT2D eigenvalue weighted by molar-refractivity contribution is 8.02. The standard InChI is InChI=1S/C13H13N3O4S2/c1-8(10(17)18)21-13-16-15-11(22-13)14-12(19)20-7-9-5-3-2-4-6-9/h2-6,8H,7H2,1H3,(H,17,18)(H,14,15,19). The topological polar surface area (TPSA) is 101 Å². The highest BCUT2D eigenvalue weighted by Gasteiger charge is 2.16. The van der Waals surface area contributed by atoms with Crippen LogP contribution in [0.2, 0.25) is 0 Å². The Kier molecular flexibility index (Phi) is 5.73. The van der Waals surface area contributed by atoms with E-state index in [2.05, 4.69) is 15.5 Å². The number of hydrogen-bond acceptors (Lipinski definition) is 7. The first-order valence-corrected chi connectivity index (χ1v) is 7.95. The monoisotopic (exact) mass is 339 g/mol. The van der Waals surface area contributed by atoms with Gasteiger partial charge >= 0.3 is 12.1 Å². The Balaban J connectivity index is 1.82. The number of carboxylic acid groups (broad SMARTS) is 1. The molecule has 2 rings (SSSR count). The van der Waals surface area contributed by atoms with E-state index in [-0.39, 0.29) is 11.7 Å². The number of anilines is 1. The van der Waals surface area contributed by atoms with Crippen LogP contribution in [0.15, 0.2) is 34.7 Å². The maximum Gasteiger partial charge on any atom is 0.413 e. The maximum atomic E-state index is 11.6. The van der Waals surface area contributed by atoms with Crippen molar-refractivity contribution in [2.24, 2.45) is 0 Å². The predicted molar refractivity (Wildman–Crippen MR) is 83.1 cm³/mol. The average Bonchev–Trinajstić information content (AvgIpc) is 2.93. The highest BCUT2D eigenvalue weighted by Crippen LogP contribution is 2.28. The summed E-state index contributed by atoms with van der Waals surface area (Å²) in [5.74, 6) is -0.933. The Labute approximate surface area is 134 Å². The van der Waals surface area contributed by atoms with E-state index in [1.165, 1.54) is 0 Å². The van der Waals surface area contributed by atoms with Gasteiger partial charge in [0.15, 0.2) is 4.34 Å². The first kappa shape index (κ1) is 16.2. The lowest BCUT2D eigenvalue weighted by Gasteiger charge is -2.04. The van der Waals surface area contributed by atoms with Gasteiger partial charge in [0.2, 0.25) is 5.13 Å². The van der Waals surface area contributed by atoms with Crippen molar-refractivity contribution in [2.45, 2.75) is 23.1 Å². The molecule has 2 aromatic rings. The molecular weight excluding hydrogens is 326 g/mol. The van der Waals surface area contributed by atoms with Gasteiger partial charge in [-0.15, -0.1) is 10.2 Å². The summed E-state index contributed by atoms with van der Waals surface area (Å²) in [7, 11) is 0. The number of aliphatic carboxylic acids is 1. The second kappa shape index (κ2) is 7.76. The number of nitrogens with one attached hydrogen (secondary N) is 1. The van der Waals surface area contributed by atoms with E-state index in [1.807, 2.05) is 30.3 Å². The SMILES string of the molecule is CC(Sc1nnc(NC(=O)OCc2ccccc2)s1)C(=O)O. The molecule has 0 fully saturated rings. The van der Waals surface area contributed by atoms with Crippen molar-refractivity contribution in [3.05, 3.63) is 35.9 Å². The van der Waals surface area contributed by atoms with Crippen LogP contribution in [-0.2, 0) is 16.1 Å². The zero-order valence-corrected chi connectivity index (χ0v) is 13.2. The summed E-state index contributed by atoms with van der Waals surface area (Å²) in [6.07, 6.45) is -0.636. The second-order valence-electron chi connectivity index (χ2n) is 4.16. The van der Waals surface area contributed by atoms with Gasteiger partial charge in [-0.3, -0.25) is 10.1 Å². The first-order valence-electron chi connectivity index (χ1n) is 6.25. The predicted octanol–water partition coefficient (Wildman–Crippen LogP) is 2.85. The van der Waals surface area contributed by atoms with Crippen LogP contribution in [0.4, 0.5) is 9.93 Å². The van der Waals surface area contributed by atoms with Gasteiger partial charge in [0, 0.05) is 0 Å². The van der Waals surface area contributed by atoms with E-state index >= 15 is 0 Å². The van der Waals surface area contributed by atoms with Gasteiger partial charge in [-0.05, 0) is 12.5 Å². The third-order valence-corrected chi connectivity index (χ3v) is 4.46. The number of carboxylic acids is 1. The van der Waals surface area contributed by atoms with Crippen molar-refractivity contribution >= 4 is 40.3 Å². The lowest BCUT2D eigenvalue weighted by Crippen LogP contribution is -2.13. The lowest BCUT2D eigenvalue weighted by atomic mass is 10.2. The average molecular weight is 339 g/mol. The summed E-state index contributed by atoms with van der Waals surface area (Å²) in [6, 6.07) is 9.28. The molecule has 0 saturated heterocycles. The summed E-state index contributed by atoms with van der Waals surface area (Å²) in [4.78, 5) is 22.4. The third kappa shape index (κ3) is 5.01. The van der Waals surface area contributed by atoms with Crippen LogP contribution in [0.3, 0.4) is 0 Å². The van der Waals surface area contributed by atoms with Crippen LogP contribution in [0.1, 0.15) is 12.5 Å². The minimum absolute atomic E-state index is 0.156. The molecular formula is C13H13N3O4S2. The molecule has 1 amide bonds. The number of nitrogens with zero attached hydrogens (tertiary/aromatic N) is 2. The molecule has 1 unspecified atom stereocenters. The fourth-order valence-corrected chi connectivity index (χ4v) is 3.17. The molecule has 0 spiro atoms. The lowest BCUT2D eigenvalue weighted by molar-refractivity contribution is -0.136. The van der Waals surface area contributed by atoms with E-state index in [9.17, 15) is 9.59 Å². The van der Waals surface area contributed by atoms with E-state index in [0.717, 1.165) is 28.7 Å². The van der Waals surface area contributed by atoms with Crippen LogP contribution in [0.5, 0.6) is 0 Å². The largest absolute Gasteiger partial charge is 0.480 e. The number of carbonyl (C=O) groups is 2. The van der Waals surface area contributed by atoms with Crippen LogP contribution >= 0.6 is 23.1 Å². The molecule has 7 nitrogen and oxygen atoms in total. The number of ether oxygens (including phenoxy) is 1. The number of benzene rings is 1. The minimum Gasteiger partial charge on any atom is -0.480 e. The molecule has 1 aromatic carbocycles. The summed E-state index contributed by atoms with van der Waals surface area (Å²) in [5, 5.41) is 18.5. The number of thioether (sulfide) groups is 1. The Morgan fingerprint density at radius 1 is 1.36 bits per heavy atom. The summed E-state index contributed by atoms with van der Waals surface area (Å²) < 4.78 is 5.51. The van der Waals surface area contributed by atoms with Crippen LogP contribution < -0.4 is 5.32 Å². The zero-order valence-electron chi connectivity index (χ0n) is 11.6. The van der Waals surface area contributed by atoms with Crippen molar-refractivity contribution in [3.63, 3.8) is 0 Å². The molecule has 22 heavy (non-hydrogen) atoms. The van der Waals surface area contributed by atoms with E-state index in [0.29, 0.717) is 4.34 Å². The van der Waals surface area contributed by atoms with Gasteiger partial charge < -0.3 is 9.84 Å². The number of aromatic nitrogens is 2. The molecule has 116 valence electrons. The van der Waals surface area contributed by atoms with E-state index < -0.39 is 17.3 Å². The van der Waals surface area contributed by atoms with E-state index in [1.54, 1.807) is 6.92 Å². The molecule has 1 atom stereocenters. The van der Waals surface area contributed by atoms with Gasteiger partial charge in [-0.2, -0.15) is 0 Å². The van der Waals surface area contributed by atoms with Gasteiger partial charge in [0.05, 0.1) is 0 Å². The van der Waals surface area contributed by atoms with Crippen molar-refractivity contribution in [3.8, 4) is 0 Å². The number of hydrogen-bond donors (Lipinski definition) is 2. The number of amides is 1. The van der Waals surface area contributed by atoms with Crippen LogP contribution in [0, 0.1) is 0 Å². The molecule has 9 heteroatoms. The van der Waals surface area contributed by atoms with Crippen molar-refractivity contribution in [1.82, 2.24) is 10.2 Å².